The predicted octanol–water partition coefficient (Wildman–Crippen LogP) is 8.07. The van der Waals surface area contributed by atoms with Gasteiger partial charge in [-0.25, -0.2) is 0 Å². The lowest BCUT2D eigenvalue weighted by Gasteiger charge is -2.03. The zero-order valence-electron chi connectivity index (χ0n) is 18.0. The van der Waals surface area contributed by atoms with Crippen molar-refractivity contribution in [1.82, 2.24) is 0 Å². The molecule has 0 aliphatic heterocycles. The van der Waals surface area contributed by atoms with Gasteiger partial charge in [0, 0.05) is 0 Å². The van der Waals surface area contributed by atoms with Gasteiger partial charge in [0.05, 0.1) is 0 Å². The van der Waals surface area contributed by atoms with E-state index in [1.165, 1.54) is 116 Å². The Labute approximate surface area is 174 Å². The van der Waals surface area contributed by atoms with Gasteiger partial charge in [-0.3, -0.25) is 4.79 Å². The molecular formula is C24H46ClNO. The molecule has 0 bridgehead atoms. The number of carbonyl (C=O) groups is 1. The van der Waals surface area contributed by atoms with Crippen LogP contribution in [-0.4, -0.2) is 11.3 Å². The Morgan fingerprint density at radius 1 is 0.704 bits per heavy atom. The quantitative estimate of drug-likeness (QED) is 0.118. The molecule has 27 heavy (non-hydrogen) atoms. The molecule has 0 saturated carbocycles. The highest BCUT2D eigenvalue weighted by Gasteiger charge is 2.04. The van der Waals surface area contributed by atoms with Crippen molar-refractivity contribution in [1.29, 1.82) is 0 Å². The molecule has 0 aromatic carbocycles. The van der Waals surface area contributed by atoms with E-state index in [0.717, 1.165) is 6.42 Å². The first-order chi connectivity index (χ1) is 13.2. The summed E-state index contributed by atoms with van der Waals surface area (Å²) in [6.45, 7) is 2.29. The minimum absolute atomic E-state index is 0.467. The number of hydrogen-bond acceptors (Lipinski definition) is 1. The highest BCUT2D eigenvalue weighted by atomic mass is 35.5. The third kappa shape index (κ3) is 21.7. The van der Waals surface area contributed by atoms with Gasteiger partial charge in [0.25, 0.3) is 0 Å². The van der Waals surface area contributed by atoms with Gasteiger partial charge in [0.15, 0.2) is 0 Å². The predicted molar refractivity (Wildman–Crippen MR) is 121 cm³/mol. The van der Waals surface area contributed by atoms with Crippen molar-refractivity contribution in [2.75, 3.05) is 0 Å². The smallest absolute Gasteiger partial charge is 0.239 e. The average molecular weight is 400 g/mol. The summed E-state index contributed by atoms with van der Waals surface area (Å²) in [4.78, 5) is 10.8. The number of hydrogen-bond donors (Lipinski definition) is 1. The van der Waals surface area contributed by atoms with Gasteiger partial charge < -0.3 is 5.73 Å². The summed E-state index contributed by atoms with van der Waals surface area (Å²) in [7, 11) is 0. The number of halogens is 1. The van der Waals surface area contributed by atoms with E-state index in [4.69, 9.17) is 17.3 Å². The summed E-state index contributed by atoms with van der Waals surface area (Å²) in [5.41, 5.74) is 5.10. The number of primary amides is 1. The monoisotopic (exact) mass is 399 g/mol. The molecule has 0 rings (SSSR count). The molecule has 0 saturated heterocycles. The zero-order valence-corrected chi connectivity index (χ0v) is 18.8. The molecule has 160 valence electrons. The van der Waals surface area contributed by atoms with E-state index < -0.39 is 11.3 Å². The van der Waals surface area contributed by atoms with E-state index in [0.29, 0.717) is 0 Å². The van der Waals surface area contributed by atoms with Gasteiger partial charge in [-0.15, -0.1) is 11.6 Å². The number of alkyl halides is 1. The van der Waals surface area contributed by atoms with E-state index in [1.807, 2.05) is 6.08 Å². The molecule has 0 aliphatic carbocycles. The highest BCUT2D eigenvalue weighted by molar-refractivity contribution is 6.31. The molecule has 0 heterocycles. The van der Waals surface area contributed by atoms with Crippen LogP contribution < -0.4 is 5.73 Å². The molecule has 0 spiro atoms. The van der Waals surface area contributed by atoms with Crippen LogP contribution in [0.2, 0.25) is 0 Å². The molecule has 3 heteroatoms. The molecule has 0 aliphatic rings. The van der Waals surface area contributed by atoms with Crippen molar-refractivity contribution < 1.29 is 4.79 Å². The van der Waals surface area contributed by atoms with Crippen molar-refractivity contribution in [3.63, 3.8) is 0 Å². The summed E-state index contributed by atoms with van der Waals surface area (Å²) >= 11 is 5.74. The maximum Gasteiger partial charge on any atom is 0.239 e. The van der Waals surface area contributed by atoms with Crippen molar-refractivity contribution >= 4 is 17.5 Å². The Kier molecular flexibility index (Phi) is 21.4. The highest BCUT2D eigenvalue weighted by Crippen LogP contribution is 2.14. The Balaban J connectivity index is 3.10. The van der Waals surface area contributed by atoms with Crippen molar-refractivity contribution in [2.45, 2.75) is 134 Å². The van der Waals surface area contributed by atoms with E-state index in [2.05, 4.69) is 6.92 Å². The summed E-state index contributed by atoms with van der Waals surface area (Å²) in [6.07, 6.45) is 29.8. The summed E-state index contributed by atoms with van der Waals surface area (Å²) in [6, 6.07) is 0. The van der Waals surface area contributed by atoms with Crippen LogP contribution in [0.5, 0.6) is 0 Å². The molecule has 1 amide bonds. The molecule has 2 nitrogen and oxygen atoms in total. The van der Waals surface area contributed by atoms with Gasteiger partial charge in [-0.1, -0.05) is 128 Å². The van der Waals surface area contributed by atoms with Crippen LogP contribution in [0.3, 0.4) is 0 Å². The largest absolute Gasteiger partial charge is 0.368 e. The normalized spacial score (nSPS) is 12.7. The topological polar surface area (TPSA) is 43.1 Å². The standard InChI is InChI=1S/C24H46ClNO/c1-2-3-4-5-6-7-8-9-10-11-12-13-14-15-16-17-18-19-20-21-22-23(25)24(26)27/h21-23H,2-20H2,1H3,(H2,26,27). The number of carbonyl (C=O) groups excluding carboxylic acids is 1. The van der Waals surface area contributed by atoms with Crippen LogP contribution in [-0.2, 0) is 4.79 Å². The van der Waals surface area contributed by atoms with Crippen LogP contribution >= 0.6 is 11.6 Å². The summed E-state index contributed by atoms with van der Waals surface area (Å²) in [5.74, 6) is -0.467. The minimum Gasteiger partial charge on any atom is -0.368 e. The van der Waals surface area contributed by atoms with Gasteiger partial charge in [0.2, 0.25) is 5.91 Å². The maximum atomic E-state index is 10.8. The fourth-order valence-electron chi connectivity index (χ4n) is 3.47. The lowest BCUT2D eigenvalue weighted by Crippen LogP contribution is -2.21. The fraction of sp³-hybridized carbons (Fsp3) is 0.875. The molecule has 0 radical (unpaired) electrons. The van der Waals surface area contributed by atoms with Crippen LogP contribution in [0.15, 0.2) is 12.2 Å². The van der Waals surface area contributed by atoms with Crippen molar-refractivity contribution in [2.24, 2.45) is 5.73 Å². The van der Waals surface area contributed by atoms with Gasteiger partial charge in [-0.2, -0.15) is 0 Å². The molecule has 1 unspecified atom stereocenters. The Morgan fingerprint density at radius 2 is 1.04 bits per heavy atom. The fourth-order valence-corrected chi connectivity index (χ4v) is 3.58. The lowest BCUT2D eigenvalue weighted by molar-refractivity contribution is -0.116. The maximum absolute atomic E-state index is 10.8. The van der Waals surface area contributed by atoms with Crippen LogP contribution in [0.25, 0.3) is 0 Å². The summed E-state index contributed by atoms with van der Waals surface area (Å²) in [5, 5.41) is -0.652. The zero-order chi connectivity index (χ0) is 20.0. The molecule has 0 fully saturated rings. The first-order valence-electron chi connectivity index (χ1n) is 11.8. The summed E-state index contributed by atoms with van der Waals surface area (Å²) < 4.78 is 0. The van der Waals surface area contributed by atoms with E-state index in [9.17, 15) is 4.79 Å². The number of unbranched alkanes of at least 4 members (excludes halogenated alkanes) is 18. The van der Waals surface area contributed by atoms with E-state index in [-0.39, 0.29) is 0 Å². The third-order valence-corrected chi connectivity index (χ3v) is 5.66. The molecule has 0 aromatic rings. The molecule has 0 aromatic heterocycles. The van der Waals surface area contributed by atoms with Gasteiger partial charge in [-0.05, 0) is 12.8 Å². The molecule has 1 atom stereocenters. The minimum atomic E-state index is -0.652. The lowest BCUT2D eigenvalue weighted by atomic mass is 10.0. The number of amides is 1. The Hall–Kier alpha value is -0.500. The average Bonchev–Trinajstić information content (AvgIpc) is 2.66. The Morgan fingerprint density at radius 3 is 1.37 bits per heavy atom. The second-order valence-corrected chi connectivity index (χ2v) is 8.50. The van der Waals surface area contributed by atoms with Crippen molar-refractivity contribution in [3.05, 3.63) is 12.2 Å². The van der Waals surface area contributed by atoms with Crippen LogP contribution in [0, 0.1) is 0 Å². The molecule has 2 N–H and O–H groups in total. The Bertz CT molecular complexity index is 343. The first kappa shape index (κ1) is 26.5. The first-order valence-corrected chi connectivity index (χ1v) is 12.2. The number of rotatable bonds is 21. The molecular weight excluding hydrogens is 354 g/mol. The second-order valence-electron chi connectivity index (χ2n) is 8.03. The van der Waals surface area contributed by atoms with Gasteiger partial charge in [0.1, 0.15) is 5.38 Å². The van der Waals surface area contributed by atoms with Crippen LogP contribution in [0.4, 0.5) is 0 Å². The van der Waals surface area contributed by atoms with Crippen LogP contribution in [0.1, 0.15) is 129 Å². The van der Waals surface area contributed by atoms with E-state index >= 15 is 0 Å². The third-order valence-electron chi connectivity index (χ3n) is 5.30. The SMILES string of the molecule is CCCCCCCCCCCCCCCCCCCCC=CC(Cl)C(N)=O. The number of allylic oxidation sites excluding steroid dienone is 1. The van der Waals surface area contributed by atoms with Gasteiger partial charge >= 0.3 is 0 Å². The van der Waals surface area contributed by atoms with E-state index in [1.54, 1.807) is 6.08 Å². The van der Waals surface area contributed by atoms with Crippen molar-refractivity contribution in [3.8, 4) is 0 Å². The number of nitrogens with two attached hydrogens (primary N) is 1. The second kappa shape index (κ2) is 21.8.